The zero-order valence-electron chi connectivity index (χ0n) is 18.1. The van der Waals surface area contributed by atoms with Gasteiger partial charge in [-0.15, -0.1) is 0 Å². The molecule has 164 valence electrons. The van der Waals surface area contributed by atoms with Gasteiger partial charge in [-0.25, -0.2) is 4.79 Å². The summed E-state index contributed by atoms with van der Waals surface area (Å²) in [6.45, 7) is 6.40. The lowest BCUT2D eigenvalue weighted by Crippen LogP contribution is -2.47. The lowest BCUT2D eigenvalue weighted by molar-refractivity contribution is 0.0506. The third-order valence-corrected chi connectivity index (χ3v) is 6.02. The highest BCUT2D eigenvalue weighted by Gasteiger charge is 2.34. The Bertz CT molecular complexity index is 1010. The lowest BCUT2D eigenvalue weighted by atomic mass is 9.74. The van der Waals surface area contributed by atoms with Gasteiger partial charge in [-0.05, 0) is 44.4 Å². The first-order valence-corrected chi connectivity index (χ1v) is 10.9. The Balaban J connectivity index is 1.42. The first-order valence-electron chi connectivity index (χ1n) is 10.9. The molecule has 1 atom stereocenters. The molecule has 4 rings (SSSR count). The highest BCUT2D eigenvalue weighted by atomic mass is 16.5. The van der Waals surface area contributed by atoms with Crippen LogP contribution in [0, 0.1) is 0 Å². The molecule has 1 saturated heterocycles. The lowest BCUT2D eigenvalue weighted by Gasteiger charge is -2.38. The number of benzene rings is 2. The Morgan fingerprint density at radius 1 is 1.13 bits per heavy atom. The number of furan rings is 1. The number of hydrogen-bond donors (Lipinski definition) is 2. The minimum absolute atomic E-state index is 0.105. The molecule has 2 heterocycles. The van der Waals surface area contributed by atoms with E-state index in [1.54, 1.807) is 0 Å². The maximum Gasteiger partial charge on any atom is 0.315 e. The summed E-state index contributed by atoms with van der Waals surface area (Å²) >= 11 is 0. The molecule has 1 aliphatic heterocycles. The quantitative estimate of drug-likeness (QED) is 0.566. The molecule has 1 aromatic heterocycles. The van der Waals surface area contributed by atoms with Crippen molar-refractivity contribution in [2.45, 2.75) is 38.1 Å². The first kappa shape index (κ1) is 21.2. The van der Waals surface area contributed by atoms with Crippen molar-refractivity contribution in [3.63, 3.8) is 0 Å². The van der Waals surface area contributed by atoms with Crippen molar-refractivity contribution in [1.82, 2.24) is 10.6 Å². The highest BCUT2D eigenvalue weighted by Crippen LogP contribution is 2.34. The molecule has 0 spiro atoms. The van der Waals surface area contributed by atoms with Crippen LogP contribution in [-0.2, 0) is 10.2 Å². The summed E-state index contributed by atoms with van der Waals surface area (Å²) in [4.78, 5) is 12.7. The summed E-state index contributed by atoms with van der Waals surface area (Å²) in [5, 5.41) is 7.05. The van der Waals surface area contributed by atoms with E-state index in [2.05, 4.69) is 22.8 Å². The van der Waals surface area contributed by atoms with Crippen molar-refractivity contribution in [1.29, 1.82) is 0 Å². The minimum Gasteiger partial charge on any atom is -0.490 e. The monoisotopic (exact) mass is 422 g/mol. The first-order chi connectivity index (χ1) is 15.1. The smallest absolute Gasteiger partial charge is 0.315 e. The number of carbonyl (C=O) groups excluding carboxylic acids is 1. The number of fused-ring (bicyclic) bond motifs is 1. The van der Waals surface area contributed by atoms with Crippen LogP contribution in [0.1, 0.15) is 44.1 Å². The Hall–Kier alpha value is -2.99. The van der Waals surface area contributed by atoms with Gasteiger partial charge in [0.1, 0.15) is 5.76 Å². The predicted octanol–water partition coefficient (Wildman–Crippen LogP) is 4.94. The molecule has 1 unspecified atom stereocenters. The van der Waals surface area contributed by atoms with E-state index in [0.29, 0.717) is 43.5 Å². The van der Waals surface area contributed by atoms with Gasteiger partial charge in [0, 0.05) is 30.6 Å². The van der Waals surface area contributed by atoms with E-state index in [0.717, 1.165) is 18.2 Å². The van der Waals surface area contributed by atoms with E-state index in [-0.39, 0.29) is 17.5 Å². The van der Waals surface area contributed by atoms with Gasteiger partial charge in [-0.1, -0.05) is 42.5 Å². The van der Waals surface area contributed by atoms with Crippen LogP contribution >= 0.6 is 0 Å². The van der Waals surface area contributed by atoms with E-state index in [1.165, 1.54) is 5.56 Å². The summed E-state index contributed by atoms with van der Waals surface area (Å²) < 4.78 is 17.2. The molecule has 6 heteroatoms. The van der Waals surface area contributed by atoms with Gasteiger partial charge in [-0.2, -0.15) is 0 Å². The highest BCUT2D eigenvalue weighted by molar-refractivity contribution is 5.84. The SMILES string of the molecule is CCOc1cccc2cc(C(C)NC(=O)NCC3(c4ccccc4)CCOCC3)oc12. The molecule has 3 aromatic rings. The summed E-state index contributed by atoms with van der Waals surface area (Å²) in [6.07, 6.45) is 1.77. The van der Waals surface area contributed by atoms with E-state index in [4.69, 9.17) is 13.9 Å². The maximum absolute atomic E-state index is 12.7. The van der Waals surface area contributed by atoms with Crippen LogP contribution in [0.3, 0.4) is 0 Å². The van der Waals surface area contributed by atoms with Crippen LogP contribution in [0.15, 0.2) is 59.0 Å². The summed E-state index contributed by atoms with van der Waals surface area (Å²) in [5.74, 6) is 1.41. The van der Waals surface area contributed by atoms with Crippen LogP contribution in [0.25, 0.3) is 11.0 Å². The average Bonchev–Trinajstić information content (AvgIpc) is 3.25. The number of amides is 2. The van der Waals surface area contributed by atoms with Crippen molar-refractivity contribution >= 4 is 17.0 Å². The molecule has 1 fully saturated rings. The van der Waals surface area contributed by atoms with Gasteiger partial charge in [0.05, 0.1) is 12.6 Å². The Labute approximate surface area is 182 Å². The minimum atomic E-state index is -0.274. The van der Waals surface area contributed by atoms with Gasteiger partial charge in [0.25, 0.3) is 0 Å². The molecule has 2 amide bonds. The van der Waals surface area contributed by atoms with E-state index < -0.39 is 0 Å². The second-order valence-corrected chi connectivity index (χ2v) is 8.06. The van der Waals surface area contributed by atoms with E-state index in [1.807, 2.05) is 56.3 Å². The number of ether oxygens (including phenoxy) is 2. The second-order valence-electron chi connectivity index (χ2n) is 8.06. The summed E-state index contributed by atoms with van der Waals surface area (Å²) in [7, 11) is 0. The maximum atomic E-state index is 12.7. The van der Waals surface area contributed by atoms with Gasteiger partial charge in [0.15, 0.2) is 11.3 Å². The fourth-order valence-electron chi connectivity index (χ4n) is 4.23. The molecule has 2 aromatic carbocycles. The number of urea groups is 1. The van der Waals surface area contributed by atoms with E-state index in [9.17, 15) is 4.79 Å². The van der Waals surface area contributed by atoms with Gasteiger partial charge in [-0.3, -0.25) is 0 Å². The molecule has 2 N–H and O–H groups in total. The third kappa shape index (κ3) is 4.69. The van der Waals surface area contributed by atoms with Gasteiger partial charge >= 0.3 is 6.03 Å². The molecule has 31 heavy (non-hydrogen) atoms. The van der Waals surface area contributed by atoms with Crippen molar-refractivity contribution in [2.24, 2.45) is 0 Å². The molecule has 0 bridgehead atoms. The zero-order chi connectivity index (χ0) is 21.7. The Kier molecular flexibility index (Phi) is 6.47. The second kappa shape index (κ2) is 9.43. The fourth-order valence-corrected chi connectivity index (χ4v) is 4.23. The van der Waals surface area contributed by atoms with Crippen LogP contribution in [0.2, 0.25) is 0 Å². The van der Waals surface area contributed by atoms with Crippen molar-refractivity contribution < 1.29 is 18.7 Å². The topological polar surface area (TPSA) is 72.7 Å². The van der Waals surface area contributed by atoms with Crippen LogP contribution < -0.4 is 15.4 Å². The predicted molar refractivity (Wildman–Crippen MR) is 121 cm³/mol. The normalized spacial score (nSPS) is 16.6. The molecule has 0 radical (unpaired) electrons. The number of hydrogen-bond acceptors (Lipinski definition) is 4. The number of carbonyl (C=O) groups is 1. The molecular weight excluding hydrogens is 392 g/mol. The zero-order valence-corrected chi connectivity index (χ0v) is 18.1. The fraction of sp³-hybridized carbons (Fsp3) is 0.400. The Morgan fingerprint density at radius 2 is 1.90 bits per heavy atom. The molecule has 0 aliphatic carbocycles. The molecule has 6 nitrogen and oxygen atoms in total. The molecule has 1 aliphatic rings. The van der Waals surface area contributed by atoms with Crippen molar-refractivity contribution in [3.8, 4) is 5.75 Å². The number of para-hydroxylation sites is 1. The van der Waals surface area contributed by atoms with Crippen LogP contribution in [-0.4, -0.2) is 32.4 Å². The van der Waals surface area contributed by atoms with Crippen LogP contribution in [0.4, 0.5) is 4.79 Å². The molecular formula is C25H30N2O4. The number of rotatable bonds is 7. The Morgan fingerprint density at radius 3 is 2.65 bits per heavy atom. The summed E-state index contributed by atoms with van der Waals surface area (Å²) in [5.41, 5.74) is 1.84. The number of nitrogens with one attached hydrogen (secondary N) is 2. The van der Waals surface area contributed by atoms with Crippen molar-refractivity contribution in [2.75, 3.05) is 26.4 Å². The van der Waals surface area contributed by atoms with Crippen LogP contribution in [0.5, 0.6) is 5.75 Å². The van der Waals surface area contributed by atoms with Crippen molar-refractivity contribution in [3.05, 3.63) is 65.9 Å². The van der Waals surface area contributed by atoms with Gasteiger partial charge in [0.2, 0.25) is 0 Å². The largest absolute Gasteiger partial charge is 0.490 e. The molecule has 0 saturated carbocycles. The summed E-state index contributed by atoms with van der Waals surface area (Å²) in [6, 6.07) is 17.7. The average molecular weight is 423 g/mol. The standard InChI is InChI=1S/C25H30N2O4/c1-3-30-21-11-7-8-19-16-22(31-23(19)21)18(2)27-24(28)26-17-25(12-14-29-15-13-25)20-9-5-4-6-10-20/h4-11,16,18H,3,12-15,17H2,1-2H3,(H2,26,27,28). The van der Waals surface area contributed by atoms with E-state index >= 15 is 0 Å². The third-order valence-electron chi connectivity index (χ3n) is 6.02. The van der Waals surface area contributed by atoms with Gasteiger partial charge < -0.3 is 24.5 Å².